The molecule has 0 aliphatic rings. The van der Waals surface area contributed by atoms with E-state index in [0.29, 0.717) is 0 Å². The molecule has 2 aromatic rings. The lowest BCUT2D eigenvalue weighted by atomic mass is 9.87. The van der Waals surface area contributed by atoms with E-state index in [2.05, 4.69) is 55.5 Å². The molecule has 0 aliphatic carbocycles. The maximum atomic E-state index is 4.16. The standard InChI is InChI=1S/C16H23N3/c1-16(2,3)15-7-5-13(6-8-15)9-17-10-14-11-18-19(4)12-14/h5-8,11-12,17H,9-10H2,1-4H3. The Morgan fingerprint density at radius 1 is 1.05 bits per heavy atom. The van der Waals surface area contributed by atoms with Crippen LogP contribution in [0.25, 0.3) is 0 Å². The predicted molar refractivity (Wildman–Crippen MR) is 78.9 cm³/mol. The maximum Gasteiger partial charge on any atom is 0.0534 e. The van der Waals surface area contributed by atoms with Crippen LogP contribution in [-0.4, -0.2) is 9.78 Å². The van der Waals surface area contributed by atoms with Crippen LogP contribution >= 0.6 is 0 Å². The van der Waals surface area contributed by atoms with Gasteiger partial charge in [0, 0.05) is 31.9 Å². The normalized spacial score (nSPS) is 11.8. The topological polar surface area (TPSA) is 29.9 Å². The van der Waals surface area contributed by atoms with E-state index in [9.17, 15) is 0 Å². The van der Waals surface area contributed by atoms with Crippen molar-refractivity contribution in [3.05, 3.63) is 53.3 Å². The van der Waals surface area contributed by atoms with Crippen molar-refractivity contribution < 1.29 is 0 Å². The molecule has 1 N–H and O–H groups in total. The molecule has 2 rings (SSSR count). The molecule has 0 aliphatic heterocycles. The van der Waals surface area contributed by atoms with Crippen LogP contribution < -0.4 is 5.32 Å². The number of aryl methyl sites for hydroxylation is 1. The van der Waals surface area contributed by atoms with Crippen molar-refractivity contribution in [2.75, 3.05) is 0 Å². The SMILES string of the molecule is Cn1cc(CNCc2ccc(C(C)(C)C)cc2)cn1. The molecule has 0 saturated carbocycles. The van der Waals surface area contributed by atoms with Crippen molar-refractivity contribution in [2.24, 2.45) is 7.05 Å². The van der Waals surface area contributed by atoms with Crippen molar-refractivity contribution in [1.82, 2.24) is 15.1 Å². The summed E-state index contributed by atoms with van der Waals surface area (Å²) in [6.07, 6.45) is 3.94. The molecule has 1 heterocycles. The zero-order valence-electron chi connectivity index (χ0n) is 12.3. The number of nitrogens with zero attached hydrogens (tertiary/aromatic N) is 2. The van der Waals surface area contributed by atoms with Gasteiger partial charge in [-0.1, -0.05) is 45.0 Å². The van der Waals surface area contributed by atoms with E-state index in [1.54, 1.807) is 0 Å². The lowest BCUT2D eigenvalue weighted by Crippen LogP contribution is -2.13. The Morgan fingerprint density at radius 2 is 1.68 bits per heavy atom. The number of hydrogen-bond acceptors (Lipinski definition) is 2. The van der Waals surface area contributed by atoms with Gasteiger partial charge in [0.15, 0.2) is 0 Å². The Kier molecular flexibility index (Phi) is 4.05. The highest BCUT2D eigenvalue weighted by Crippen LogP contribution is 2.22. The second-order valence-electron chi connectivity index (χ2n) is 6.07. The number of rotatable bonds is 4. The molecule has 19 heavy (non-hydrogen) atoms. The summed E-state index contributed by atoms with van der Waals surface area (Å²) >= 11 is 0. The number of aromatic nitrogens is 2. The summed E-state index contributed by atoms with van der Waals surface area (Å²) in [6.45, 7) is 8.46. The van der Waals surface area contributed by atoms with Crippen LogP contribution in [-0.2, 0) is 25.6 Å². The Labute approximate surface area is 115 Å². The fourth-order valence-corrected chi connectivity index (χ4v) is 2.04. The average Bonchev–Trinajstić information content (AvgIpc) is 2.75. The molecule has 3 heteroatoms. The minimum atomic E-state index is 0.224. The maximum absolute atomic E-state index is 4.16. The van der Waals surface area contributed by atoms with Gasteiger partial charge in [0.25, 0.3) is 0 Å². The van der Waals surface area contributed by atoms with Gasteiger partial charge in [-0.25, -0.2) is 0 Å². The minimum Gasteiger partial charge on any atom is -0.309 e. The first-order chi connectivity index (χ1) is 8.95. The Morgan fingerprint density at radius 3 is 2.21 bits per heavy atom. The van der Waals surface area contributed by atoms with Crippen LogP contribution in [0.5, 0.6) is 0 Å². The van der Waals surface area contributed by atoms with E-state index < -0.39 is 0 Å². The molecule has 0 fully saturated rings. The average molecular weight is 257 g/mol. The van der Waals surface area contributed by atoms with Gasteiger partial charge >= 0.3 is 0 Å². The largest absolute Gasteiger partial charge is 0.309 e. The first-order valence-electron chi connectivity index (χ1n) is 6.73. The summed E-state index contributed by atoms with van der Waals surface area (Å²) in [7, 11) is 1.94. The highest BCUT2D eigenvalue weighted by Gasteiger charge is 2.12. The molecule has 0 radical (unpaired) electrons. The summed E-state index contributed by atoms with van der Waals surface area (Å²) in [4.78, 5) is 0. The second kappa shape index (κ2) is 5.57. The monoisotopic (exact) mass is 257 g/mol. The van der Waals surface area contributed by atoms with Crippen LogP contribution in [0.1, 0.15) is 37.5 Å². The van der Waals surface area contributed by atoms with Gasteiger partial charge in [0.1, 0.15) is 0 Å². The number of hydrogen-bond donors (Lipinski definition) is 1. The second-order valence-corrected chi connectivity index (χ2v) is 6.07. The lowest BCUT2D eigenvalue weighted by Gasteiger charge is -2.19. The Bertz CT molecular complexity index is 518. The van der Waals surface area contributed by atoms with Gasteiger partial charge in [-0.3, -0.25) is 4.68 Å². The van der Waals surface area contributed by atoms with E-state index in [4.69, 9.17) is 0 Å². The zero-order chi connectivity index (χ0) is 13.9. The van der Waals surface area contributed by atoms with E-state index in [1.165, 1.54) is 16.7 Å². The van der Waals surface area contributed by atoms with Gasteiger partial charge in [0.05, 0.1) is 6.20 Å². The minimum absolute atomic E-state index is 0.224. The molecule has 1 aromatic heterocycles. The van der Waals surface area contributed by atoms with Gasteiger partial charge in [-0.05, 0) is 16.5 Å². The number of benzene rings is 1. The van der Waals surface area contributed by atoms with Gasteiger partial charge < -0.3 is 5.32 Å². The smallest absolute Gasteiger partial charge is 0.0534 e. The summed E-state index contributed by atoms with van der Waals surface area (Å²) in [6, 6.07) is 8.86. The third-order valence-corrected chi connectivity index (χ3v) is 3.24. The third-order valence-electron chi connectivity index (χ3n) is 3.24. The molecule has 3 nitrogen and oxygen atoms in total. The Balaban J connectivity index is 1.86. The van der Waals surface area contributed by atoms with Crippen molar-refractivity contribution in [2.45, 2.75) is 39.3 Å². The number of nitrogens with one attached hydrogen (secondary N) is 1. The fourth-order valence-electron chi connectivity index (χ4n) is 2.04. The van der Waals surface area contributed by atoms with Gasteiger partial charge in [0.2, 0.25) is 0 Å². The molecular formula is C16H23N3. The molecule has 0 amide bonds. The lowest BCUT2D eigenvalue weighted by molar-refractivity contribution is 0.589. The van der Waals surface area contributed by atoms with Crippen LogP contribution in [0.3, 0.4) is 0 Å². The molecule has 0 spiro atoms. The van der Waals surface area contributed by atoms with Crippen molar-refractivity contribution in [3.8, 4) is 0 Å². The summed E-state index contributed by atoms with van der Waals surface area (Å²) in [5.41, 5.74) is 4.14. The molecule has 0 atom stereocenters. The first kappa shape index (κ1) is 13.8. The van der Waals surface area contributed by atoms with E-state index in [-0.39, 0.29) is 5.41 Å². The molecule has 0 bridgehead atoms. The predicted octanol–water partition coefficient (Wildman–Crippen LogP) is 3.01. The van der Waals surface area contributed by atoms with Crippen LogP contribution in [0, 0.1) is 0 Å². The van der Waals surface area contributed by atoms with Crippen LogP contribution in [0.2, 0.25) is 0 Å². The van der Waals surface area contributed by atoms with Crippen molar-refractivity contribution >= 4 is 0 Å². The highest BCUT2D eigenvalue weighted by atomic mass is 15.2. The van der Waals surface area contributed by atoms with E-state index in [0.717, 1.165) is 13.1 Å². The molecule has 0 unspecified atom stereocenters. The Hall–Kier alpha value is -1.61. The fraction of sp³-hybridized carbons (Fsp3) is 0.438. The van der Waals surface area contributed by atoms with Crippen molar-refractivity contribution in [3.63, 3.8) is 0 Å². The van der Waals surface area contributed by atoms with E-state index >= 15 is 0 Å². The molecule has 0 saturated heterocycles. The summed E-state index contributed by atoms with van der Waals surface area (Å²) < 4.78 is 1.83. The quantitative estimate of drug-likeness (QED) is 0.912. The van der Waals surface area contributed by atoms with Gasteiger partial charge in [-0.15, -0.1) is 0 Å². The van der Waals surface area contributed by atoms with Crippen LogP contribution in [0.4, 0.5) is 0 Å². The molecular weight excluding hydrogens is 234 g/mol. The summed E-state index contributed by atoms with van der Waals surface area (Å²) in [5, 5.41) is 7.59. The highest BCUT2D eigenvalue weighted by molar-refractivity contribution is 5.27. The summed E-state index contributed by atoms with van der Waals surface area (Å²) in [5.74, 6) is 0. The zero-order valence-corrected chi connectivity index (χ0v) is 12.3. The third kappa shape index (κ3) is 3.93. The van der Waals surface area contributed by atoms with Crippen molar-refractivity contribution in [1.29, 1.82) is 0 Å². The molecule has 102 valence electrons. The molecule has 1 aromatic carbocycles. The first-order valence-corrected chi connectivity index (χ1v) is 6.73. The van der Waals surface area contributed by atoms with Crippen LogP contribution in [0.15, 0.2) is 36.7 Å². The van der Waals surface area contributed by atoms with E-state index in [1.807, 2.05) is 24.1 Å². The van der Waals surface area contributed by atoms with Gasteiger partial charge in [-0.2, -0.15) is 5.10 Å².